The van der Waals surface area contributed by atoms with Gasteiger partial charge in [-0.15, -0.1) is 11.3 Å². The average Bonchev–Trinajstić information content (AvgIpc) is 2.82. The van der Waals surface area contributed by atoms with Crippen molar-refractivity contribution in [1.29, 1.82) is 0 Å². The highest BCUT2D eigenvalue weighted by molar-refractivity contribution is 9.11. The van der Waals surface area contributed by atoms with Crippen molar-refractivity contribution >= 4 is 38.8 Å². The Morgan fingerprint density at radius 2 is 2.19 bits per heavy atom. The van der Waals surface area contributed by atoms with Gasteiger partial charge in [-0.05, 0) is 52.9 Å². The smallest absolute Gasteiger partial charge is 0.174 e. The fourth-order valence-electron chi connectivity index (χ4n) is 2.26. The largest absolute Gasteiger partial charge is 0.409 e. The van der Waals surface area contributed by atoms with E-state index >= 15 is 0 Å². The minimum absolute atomic E-state index is 0.0772. The van der Waals surface area contributed by atoms with Gasteiger partial charge in [0.2, 0.25) is 0 Å². The number of thiophene rings is 1. The van der Waals surface area contributed by atoms with Gasteiger partial charge in [-0.2, -0.15) is 0 Å². The molecule has 0 aromatic carbocycles. The zero-order valence-electron chi connectivity index (χ0n) is 12.1. The second-order valence-electron chi connectivity index (χ2n) is 4.84. The monoisotopic (exact) mass is 368 g/mol. The fraction of sp³-hybridized carbons (Fsp3) is 0.286. The van der Waals surface area contributed by atoms with Crippen LogP contribution in [0, 0.1) is 13.8 Å². The van der Waals surface area contributed by atoms with E-state index < -0.39 is 0 Å². The van der Waals surface area contributed by atoms with Gasteiger partial charge in [0.1, 0.15) is 0 Å². The van der Waals surface area contributed by atoms with E-state index in [-0.39, 0.29) is 5.84 Å². The summed E-state index contributed by atoms with van der Waals surface area (Å²) in [6, 6.07) is 4.03. The molecular formula is C14H17BrN4OS. The summed E-state index contributed by atoms with van der Waals surface area (Å²) in [6.45, 7) is 4.52. The highest BCUT2D eigenvalue weighted by atomic mass is 79.9. The number of hydrogen-bond donors (Lipinski definition) is 2. The van der Waals surface area contributed by atoms with Crippen LogP contribution < -0.4 is 10.6 Å². The zero-order valence-corrected chi connectivity index (χ0v) is 14.5. The first-order valence-electron chi connectivity index (χ1n) is 6.32. The Morgan fingerprint density at radius 3 is 2.76 bits per heavy atom. The number of pyridine rings is 1. The van der Waals surface area contributed by atoms with Crippen LogP contribution in [0.3, 0.4) is 0 Å². The van der Waals surface area contributed by atoms with Gasteiger partial charge in [-0.25, -0.2) is 0 Å². The molecule has 0 saturated heterocycles. The van der Waals surface area contributed by atoms with Crippen molar-refractivity contribution in [3.8, 4) is 0 Å². The number of oxime groups is 1. The first-order valence-corrected chi connectivity index (χ1v) is 7.99. The maximum absolute atomic E-state index is 8.99. The molecule has 0 fully saturated rings. The number of halogens is 1. The molecule has 0 aliphatic carbocycles. The van der Waals surface area contributed by atoms with E-state index in [0.717, 1.165) is 27.4 Å². The van der Waals surface area contributed by atoms with Crippen LogP contribution in [0.1, 0.15) is 22.5 Å². The lowest BCUT2D eigenvalue weighted by atomic mass is 10.1. The Hall–Kier alpha value is -1.60. The standard InChI is InChI=1S/C14H17BrN4OS/c1-8-4-11(13(9(2)17-8)14(16)18-20)19(3)6-10-5-12(15)21-7-10/h4-5,7,20H,6H2,1-3H3,(H2,16,18). The van der Waals surface area contributed by atoms with Crippen LogP contribution in [-0.2, 0) is 6.54 Å². The summed E-state index contributed by atoms with van der Waals surface area (Å²) in [6.07, 6.45) is 0. The normalized spacial score (nSPS) is 11.7. The van der Waals surface area contributed by atoms with Gasteiger partial charge in [-0.3, -0.25) is 4.98 Å². The molecule has 0 aliphatic rings. The maximum atomic E-state index is 8.99. The molecule has 2 aromatic rings. The Bertz CT molecular complexity index is 684. The van der Waals surface area contributed by atoms with Gasteiger partial charge in [-0.1, -0.05) is 5.16 Å². The highest BCUT2D eigenvalue weighted by Gasteiger charge is 2.16. The molecule has 2 heterocycles. The molecule has 0 atom stereocenters. The number of amidine groups is 1. The Kier molecular flexibility index (Phi) is 4.84. The summed E-state index contributed by atoms with van der Waals surface area (Å²) < 4.78 is 1.10. The van der Waals surface area contributed by atoms with Gasteiger partial charge in [0.25, 0.3) is 0 Å². The molecule has 0 saturated carbocycles. The molecule has 112 valence electrons. The summed E-state index contributed by atoms with van der Waals surface area (Å²) in [7, 11) is 1.98. The van der Waals surface area contributed by atoms with E-state index in [2.05, 4.69) is 42.4 Å². The van der Waals surface area contributed by atoms with E-state index in [0.29, 0.717) is 5.56 Å². The summed E-state index contributed by atoms with van der Waals surface area (Å²) in [5, 5.41) is 14.2. The zero-order chi connectivity index (χ0) is 15.6. The number of anilines is 1. The lowest BCUT2D eigenvalue weighted by molar-refractivity contribution is 0.318. The van der Waals surface area contributed by atoms with E-state index in [1.807, 2.05) is 27.0 Å². The molecule has 0 spiro atoms. The molecule has 7 heteroatoms. The number of nitrogens with two attached hydrogens (primary N) is 1. The SMILES string of the molecule is Cc1cc(N(C)Cc2csc(Br)c2)c(/C(N)=N/O)c(C)n1. The van der Waals surface area contributed by atoms with Crippen LogP contribution in [0.15, 0.2) is 26.5 Å². The third-order valence-corrected chi connectivity index (χ3v) is 4.68. The molecule has 0 radical (unpaired) electrons. The molecule has 0 aliphatic heterocycles. The average molecular weight is 369 g/mol. The minimum Gasteiger partial charge on any atom is -0.409 e. The van der Waals surface area contributed by atoms with Crippen molar-refractivity contribution in [2.24, 2.45) is 10.9 Å². The van der Waals surface area contributed by atoms with E-state index in [4.69, 9.17) is 10.9 Å². The minimum atomic E-state index is 0.0772. The number of aromatic nitrogens is 1. The van der Waals surface area contributed by atoms with Crippen LogP contribution in [-0.4, -0.2) is 23.1 Å². The molecule has 0 bridgehead atoms. The highest BCUT2D eigenvalue weighted by Crippen LogP contribution is 2.27. The van der Waals surface area contributed by atoms with Crippen molar-refractivity contribution in [2.75, 3.05) is 11.9 Å². The molecule has 21 heavy (non-hydrogen) atoms. The number of aryl methyl sites for hydroxylation is 2. The summed E-state index contributed by atoms with van der Waals surface area (Å²) in [4.78, 5) is 6.47. The summed E-state index contributed by atoms with van der Waals surface area (Å²) in [5.74, 6) is 0.0772. The third-order valence-electron chi connectivity index (χ3n) is 3.12. The van der Waals surface area contributed by atoms with Crippen LogP contribution in [0.2, 0.25) is 0 Å². The Morgan fingerprint density at radius 1 is 1.48 bits per heavy atom. The fourth-order valence-corrected chi connectivity index (χ4v) is 3.46. The molecule has 2 rings (SSSR count). The van der Waals surface area contributed by atoms with Crippen molar-refractivity contribution < 1.29 is 5.21 Å². The number of rotatable bonds is 4. The summed E-state index contributed by atoms with van der Waals surface area (Å²) in [5.41, 5.74) is 10.2. The van der Waals surface area contributed by atoms with Crippen molar-refractivity contribution in [1.82, 2.24) is 4.98 Å². The van der Waals surface area contributed by atoms with Gasteiger partial charge in [0.15, 0.2) is 5.84 Å². The van der Waals surface area contributed by atoms with Crippen molar-refractivity contribution in [3.63, 3.8) is 0 Å². The Labute approximate surface area is 136 Å². The topological polar surface area (TPSA) is 74.7 Å². The van der Waals surface area contributed by atoms with Crippen LogP contribution >= 0.6 is 27.3 Å². The molecule has 0 amide bonds. The lowest BCUT2D eigenvalue weighted by Gasteiger charge is -2.23. The summed E-state index contributed by atoms with van der Waals surface area (Å²) >= 11 is 5.12. The van der Waals surface area contributed by atoms with E-state index in [1.165, 1.54) is 5.56 Å². The predicted molar refractivity (Wildman–Crippen MR) is 90.3 cm³/mol. The molecule has 3 N–H and O–H groups in total. The maximum Gasteiger partial charge on any atom is 0.174 e. The molecular weight excluding hydrogens is 352 g/mol. The first kappa shape index (κ1) is 15.8. The van der Waals surface area contributed by atoms with Crippen LogP contribution in [0.5, 0.6) is 0 Å². The van der Waals surface area contributed by atoms with Crippen molar-refractivity contribution in [3.05, 3.63) is 43.8 Å². The van der Waals surface area contributed by atoms with Gasteiger partial charge in [0.05, 0.1) is 20.7 Å². The van der Waals surface area contributed by atoms with E-state index in [9.17, 15) is 0 Å². The lowest BCUT2D eigenvalue weighted by Crippen LogP contribution is -2.24. The van der Waals surface area contributed by atoms with Gasteiger partial charge < -0.3 is 15.8 Å². The molecule has 5 nitrogen and oxygen atoms in total. The van der Waals surface area contributed by atoms with Gasteiger partial charge in [0, 0.05) is 19.3 Å². The first-order chi connectivity index (χ1) is 9.92. The predicted octanol–water partition coefficient (Wildman–Crippen LogP) is 3.25. The van der Waals surface area contributed by atoms with Crippen molar-refractivity contribution in [2.45, 2.75) is 20.4 Å². The molecule has 0 unspecified atom stereocenters. The second kappa shape index (κ2) is 6.44. The number of hydrogen-bond acceptors (Lipinski definition) is 5. The van der Waals surface area contributed by atoms with E-state index in [1.54, 1.807) is 11.3 Å². The third kappa shape index (κ3) is 3.54. The van der Waals surface area contributed by atoms with Crippen LogP contribution in [0.4, 0.5) is 5.69 Å². The number of nitrogens with zero attached hydrogens (tertiary/aromatic N) is 3. The Balaban J connectivity index is 2.41. The van der Waals surface area contributed by atoms with Crippen LogP contribution in [0.25, 0.3) is 0 Å². The quantitative estimate of drug-likeness (QED) is 0.376. The second-order valence-corrected chi connectivity index (χ2v) is 7.13. The van der Waals surface area contributed by atoms with Gasteiger partial charge >= 0.3 is 0 Å². The molecule has 2 aromatic heterocycles.